The molecular weight excluding hydrogens is 166 g/mol. The van der Waals surface area contributed by atoms with Crippen LogP contribution < -0.4 is 5.32 Å². The summed E-state index contributed by atoms with van der Waals surface area (Å²) < 4.78 is 0. The third-order valence-corrected chi connectivity index (χ3v) is 2.33. The second kappa shape index (κ2) is 4.05. The minimum absolute atomic E-state index is 0.551. The fourth-order valence-electron chi connectivity index (χ4n) is 1.32. The summed E-state index contributed by atoms with van der Waals surface area (Å²) in [6.07, 6.45) is 6.69. The maximum atomic E-state index is 9.66. The molecule has 0 heterocycles. The number of hydrogen-bond acceptors (Lipinski definition) is 3. The summed E-state index contributed by atoms with van der Waals surface area (Å²) in [5, 5.41) is 22.0. The fraction of sp³-hybridized carbons (Fsp3) is 0.600. The van der Waals surface area contributed by atoms with Crippen LogP contribution >= 0.6 is 0 Å². The molecule has 0 saturated heterocycles. The van der Waals surface area contributed by atoms with Gasteiger partial charge in [-0.1, -0.05) is 31.2 Å². The summed E-state index contributed by atoms with van der Waals surface area (Å²) in [6, 6.07) is 0. The van der Waals surface area contributed by atoms with Crippen molar-refractivity contribution in [2.24, 2.45) is 0 Å². The highest BCUT2D eigenvalue weighted by Crippen LogP contribution is 2.18. The van der Waals surface area contributed by atoms with Crippen molar-refractivity contribution in [3.63, 3.8) is 0 Å². The molecule has 0 aromatic carbocycles. The van der Waals surface area contributed by atoms with Gasteiger partial charge >= 0.3 is 0 Å². The topological polar surface area (TPSA) is 52.5 Å². The Morgan fingerprint density at radius 2 is 2.23 bits per heavy atom. The Bertz CT molecular complexity index is 225. The van der Waals surface area contributed by atoms with Crippen molar-refractivity contribution in [1.29, 1.82) is 0 Å². The van der Waals surface area contributed by atoms with E-state index in [4.69, 9.17) is 0 Å². The van der Waals surface area contributed by atoms with Gasteiger partial charge in [0, 0.05) is 0 Å². The lowest BCUT2D eigenvalue weighted by atomic mass is 9.90. The Morgan fingerprint density at radius 3 is 2.77 bits per heavy atom. The molecule has 74 valence electrons. The van der Waals surface area contributed by atoms with Crippen molar-refractivity contribution in [2.75, 3.05) is 0 Å². The van der Waals surface area contributed by atoms with Crippen LogP contribution in [0, 0.1) is 0 Å². The van der Waals surface area contributed by atoms with Crippen LogP contribution in [0.4, 0.5) is 0 Å². The first-order valence-corrected chi connectivity index (χ1v) is 4.58. The van der Waals surface area contributed by atoms with Crippen LogP contribution in [0.2, 0.25) is 0 Å². The average molecular weight is 183 g/mol. The highest BCUT2D eigenvalue weighted by Gasteiger charge is 2.31. The van der Waals surface area contributed by atoms with Gasteiger partial charge in [-0.25, -0.2) is 0 Å². The second-order valence-electron chi connectivity index (χ2n) is 3.54. The van der Waals surface area contributed by atoms with E-state index in [0.717, 1.165) is 0 Å². The van der Waals surface area contributed by atoms with E-state index in [-0.39, 0.29) is 0 Å². The summed E-state index contributed by atoms with van der Waals surface area (Å²) >= 11 is 0. The molecule has 0 amide bonds. The molecule has 0 bridgehead atoms. The smallest absolute Gasteiger partial charge is 0.105 e. The molecule has 0 aromatic rings. The van der Waals surface area contributed by atoms with E-state index in [1.165, 1.54) is 0 Å². The first kappa shape index (κ1) is 10.4. The maximum Gasteiger partial charge on any atom is 0.105 e. The van der Waals surface area contributed by atoms with Gasteiger partial charge in [-0.15, -0.1) is 0 Å². The average Bonchev–Trinajstić information content (AvgIpc) is 2.10. The summed E-state index contributed by atoms with van der Waals surface area (Å²) in [7, 11) is 0. The molecule has 3 N–H and O–H groups in total. The zero-order valence-electron chi connectivity index (χ0n) is 8.07. The monoisotopic (exact) mass is 183 g/mol. The highest BCUT2D eigenvalue weighted by atomic mass is 16.3. The Kier molecular flexibility index (Phi) is 3.25. The molecule has 3 atom stereocenters. The molecule has 3 nitrogen and oxygen atoms in total. The van der Waals surface area contributed by atoms with Gasteiger partial charge in [0.25, 0.3) is 0 Å². The standard InChI is InChI=1S/C10H17NO2/c1-3-9(13)11-10(2)7-5-4-6-8(10)12/h4-9,11-13H,3H2,1-2H3. The van der Waals surface area contributed by atoms with E-state index in [1.54, 1.807) is 12.2 Å². The van der Waals surface area contributed by atoms with E-state index in [2.05, 4.69) is 5.32 Å². The molecule has 0 radical (unpaired) electrons. The summed E-state index contributed by atoms with van der Waals surface area (Å²) in [5.74, 6) is 0. The summed E-state index contributed by atoms with van der Waals surface area (Å²) in [4.78, 5) is 0. The molecule has 0 aliphatic heterocycles. The fourth-order valence-corrected chi connectivity index (χ4v) is 1.32. The van der Waals surface area contributed by atoms with Crippen molar-refractivity contribution < 1.29 is 10.2 Å². The summed E-state index contributed by atoms with van der Waals surface area (Å²) in [5.41, 5.74) is -0.551. The SMILES string of the molecule is CCC(O)NC1(C)C=CC=CC1O. The van der Waals surface area contributed by atoms with Gasteiger partial charge in [0.15, 0.2) is 0 Å². The molecule has 3 heteroatoms. The summed E-state index contributed by atoms with van der Waals surface area (Å²) in [6.45, 7) is 3.74. The Labute approximate surface area is 78.8 Å². The molecule has 1 rings (SSSR count). The largest absolute Gasteiger partial charge is 0.387 e. The van der Waals surface area contributed by atoms with Gasteiger partial charge in [0.1, 0.15) is 6.23 Å². The van der Waals surface area contributed by atoms with Crippen molar-refractivity contribution in [2.45, 2.75) is 38.1 Å². The maximum absolute atomic E-state index is 9.66. The minimum Gasteiger partial charge on any atom is -0.387 e. The molecule has 0 saturated carbocycles. The lowest BCUT2D eigenvalue weighted by molar-refractivity contribution is 0.0572. The number of aliphatic hydroxyl groups excluding tert-OH is 2. The van der Waals surface area contributed by atoms with Crippen molar-refractivity contribution >= 4 is 0 Å². The van der Waals surface area contributed by atoms with E-state index < -0.39 is 17.9 Å². The molecule has 0 aromatic heterocycles. The van der Waals surface area contributed by atoms with Gasteiger partial charge in [-0.3, -0.25) is 5.32 Å². The first-order valence-electron chi connectivity index (χ1n) is 4.58. The predicted octanol–water partition coefficient (Wildman–Crippen LogP) is 0.550. The zero-order valence-corrected chi connectivity index (χ0v) is 8.07. The van der Waals surface area contributed by atoms with Crippen molar-refractivity contribution in [1.82, 2.24) is 5.32 Å². The van der Waals surface area contributed by atoms with E-state index >= 15 is 0 Å². The van der Waals surface area contributed by atoms with E-state index in [9.17, 15) is 10.2 Å². The van der Waals surface area contributed by atoms with Gasteiger partial charge in [-0.05, 0) is 13.3 Å². The normalized spacial score (nSPS) is 34.9. The number of allylic oxidation sites excluding steroid dienone is 2. The number of aliphatic hydroxyl groups is 2. The Balaban J connectivity index is 2.64. The second-order valence-corrected chi connectivity index (χ2v) is 3.54. The molecular formula is C10H17NO2. The molecule has 0 fully saturated rings. The lowest BCUT2D eigenvalue weighted by Gasteiger charge is -2.34. The molecule has 3 unspecified atom stereocenters. The highest BCUT2D eigenvalue weighted by molar-refractivity contribution is 5.24. The van der Waals surface area contributed by atoms with Crippen LogP contribution in [0.1, 0.15) is 20.3 Å². The first-order chi connectivity index (χ1) is 6.08. The number of nitrogens with one attached hydrogen (secondary N) is 1. The van der Waals surface area contributed by atoms with Crippen LogP contribution in [-0.4, -0.2) is 28.1 Å². The number of rotatable bonds is 3. The van der Waals surface area contributed by atoms with Crippen LogP contribution in [0.15, 0.2) is 24.3 Å². The Hall–Kier alpha value is -0.640. The van der Waals surface area contributed by atoms with Crippen LogP contribution in [0.25, 0.3) is 0 Å². The minimum atomic E-state index is -0.585. The predicted molar refractivity (Wildman–Crippen MR) is 52.1 cm³/mol. The molecule has 13 heavy (non-hydrogen) atoms. The zero-order chi connectivity index (χ0) is 9.90. The van der Waals surface area contributed by atoms with Crippen LogP contribution in [0.5, 0.6) is 0 Å². The van der Waals surface area contributed by atoms with Gasteiger partial charge in [0.05, 0.1) is 11.6 Å². The third kappa shape index (κ3) is 2.40. The van der Waals surface area contributed by atoms with Crippen LogP contribution in [-0.2, 0) is 0 Å². The third-order valence-electron chi connectivity index (χ3n) is 2.33. The van der Waals surface area contributed by atoms with Gasteiger partial charge in [-0.2, -0.15) is 0 Å². The molecule has 1 aliphatic carbocycles. The van der Waals surface area contributed by atoms with Crippen LogP contribution in [0.3, 0.4) is 0 Å². The van der Waals surface area contributed by atoms with Gasteiger partial charge < -0.3 is 10.2 Å². The quantitative estimate of drug-likeness (QED) is 0.560. The molecule has 1 aliphatic rings. The number of hydrogen-bond donors (Lipinski definition) is 3. The lowest BCUT2D eigenvalue weighted by Crippen LogP contribution is -2.54. The van der Waals surface area contributed by atoms with E-state index in [0.29, 0.717) is 6.42 Å². The van der Waals surface area contributed by atoms with Crippen molar-refractivity contribution in [3.8, 4) is 0 Å². The molecule has 0 spiro atoms. The van der Waals surface area contributed by atoms with Gasteiger partial charge in [0.2, 0.25) is 0 Å². The van der Waals surface area contributed by atoms with E-state index in [1.807, 2.05) is 26.0 Å². The van der Waals surface area contributed by atoms with Crippen molar-refractivity contribution in [3.05, 3.63) is 24.3 Å². The Morgan fingerprint density at radius 1 is 1.54 bits per heavy atom.